The molecule has 0 N–H and O–H groups in total. The number of rotatable bonds is 3. The topological polar surface area (TPSA) is 42.7 Å². The summed E-state index contributed by atoms with van der Waals surface area (Å²) in [6, 6.07) is 1.85. The van der Waals surface area contributed by atoms with E-state index in [2.05, 4.69) is 11.8 Å². The molecule has 0 unspecified atom stereocenters. The van der Waals surface area contributed by atoms with Gasteiger partial charge in [0.1, 0.15) is 0 Å². The molecule has 0 bridgehead atoms. The molecule has 0 spiro atoms. The van der Waals surface area contributed by atoms with Gasteiger partial charge in [0.05, 0.1) is 13.4 Å². The molecule has 4 heteroatoms. The second kappa shape index (κ2) is 5.36. The summed E-state index contributed by atoms with van der Waals surface area (Å²) < 4.78 is 9.87. The van der Waals surface area contributed by atoms with Crippen molar-refractivity contribution in [3.63, 3.8) is 0 Å². The predicted octanol–water partition coefficient (Wildman–Crippen LogP) is 2.30. The van der Waals surface area contributed by atoms with Crippen molar-refractivity contribution in [3.8, 4) is 0 Å². The van der Waals surface area contributed by atoms with E-state index < -0.39 is 5.97 Å². The van der Waals surface area contributed by atoms with Crippen LogP contribution in [0.3, 0.4) is 0 Å². The summed E-state index contributed by atoms with van der Waals surface area (Å²) in [5.41, 5.74) is 0.923. The van der Waals surface area contributed by atoms with Crippen LogP contribution in [0.1, 0.15) is 35.9 Å². The van der Waals surface area contributed by atoms with Crippen molar-refractivity contribution in [3.05, 3.63) is 23.7 Å². The van der Waals surface area contributed by atoms with Crippen LogP contribution in [-0.4, -0.2) is 31.1 Å². The Morgan fingerprint density at radius 3 is 2.88 bits per heavy atom. The molecule has 0 aliphatic carbocycles. The molecule has 94 valence electrons. The van der Waals surface area contributed by atoms with Gasteiger partial charge in [-0.15, -0.1) is 0 Å². The van der Waals surface area contributed by atoms with E-state index in [0.29, 0.717) is 5.76 Å². The highest BCUT2D eigenvalue weighted by molar-refractivity contribution is 5.87. The molecule has 0 atom stereocenters. The highest BCUT2D eigenvalue weighted by Gasteiger charge is 2.20. The standard InChI is InChI=1S/C13H19NO3/c1-10-3-6-14(7-4-10)9-11-5-8-17-12(11)13(15)16-2/h5,8,10H,3-4,6-7,9H2,1-2H3. The Morgan fingerprint density at radius 2 is 2.24 bits per heavy atom. The average Bonchev–Trinajstić information content (AvgIpc) is 2.79. The zero-order valence-electron chi connectivity index (χ0n) is 10.4. The van der Waals surface area contributed by atoms with Crippen LogP contribution in [0.25, 0.3) is 0 Å². The Labute approximate surface area is 102 Å². The molecular formula is C13H19NO3. The number of esters is 1. The van der Waals surface area contributed by atoms with Crippen molar-refractivity contribution < 1.29 is 13.9 Å². The van der Waals surface area contributed by atoms with Crippen LogP contribution >= 0.6 is 0 Å². The maximum absolute atomic E-state index is 11.5. The molecule has 1 aromatic heterocycles. The molecule has 0 aromatic carbocycles. The predicted molar refractivity (Wildman–Crippen MR) is 63.7 cm³/mol. The van der Waals surface area contributed by atoms with E-state index in [1.165, 1.54) is 20.0 Å². The Morgan fingerprint density at radius 1 is 1.53 bits per heavy atom. The van der Waals surface area contributed by atoms with E-state index in [1.807, 2.05) is 6.07 Å². The number of methoxy groups -OCH3 is 1. The maximum Gasteiger partial charge on any atom is 0.374 e. The molecule has 2 heterocycles. The first-order valence-corrected chi connectivity index (χ1v) is 6.07. The SMILES string of the molecule is COC(=O)c1occc1CN1CCC(C)CC1. The number of carbonyl (C=O) groups is 1. The summed E-state index contributed by atoms with van der Waals surface area (Å²) in [5.74, 6) is 0.761. The molecule has 0 saturated carbocycles. The number of piperidine rings is 1. The quantitative estimate of drug-likeness (QED) is 0.756. The number of hydrogen-bond donors (Lipinski definition) is 0. The van der Waals surface area contributed by atoms with Crippen molar-refractivity contribution in [2.24, 2.45) is 5.92 Å². The lowest BCUT2D eigenvalue weighted by atomic mass is 9.99. The summed E-state index contributed by atoms with van der Waals surface area (Å²) >= 11 is 0. The number of likely N-dealkylation sites (tertiary alicyclic amines) is 1. The first kappa shape index (κ1) is 12.2. The smallest absolute Gasteiger partial charge is 0.374 e. The van der Waals surface area contributed by atoms with Crippen LogP contribution in [0.2, 0.25) is 0 Å². The molecule has 1 fully saturated rings. The van der Waals surface area contributed by atoms with Gasteiger partial charge in [0.15, 0.2) is 0 Å². The molecular weight excluding hydrogens is 218 g/mol. The fourth-order valence-electron chi connectivity index (χ4n) is 2.19. The molecule has 4 nitrogen and oxygen atoms in total. The number of carbonyl (C=O) groups excluding carboxylic acids is 1. The number of furan rings is 1. The van der Waals surface area contributed by atoms with Crippen LogP contribution < -0.4 is 0 Å². The van der Waals surface area contributed by atoms with E-state index in [9.17, 15) is 4.79 Å². The summed E-state index contributed by atoms with van der Waals surface area (Å²) in [4.78, 5) is 13.8. The highest BCUT2D eigenvalue weighted by Crippen LogP contribution is 2.20. The first-order valence-electron chi connectivity index (χ1n) is 6.07. The van der Waals surface area contributed by atoms with Crippen LogP contribution in [-0.2, 0) is 11.3 Å². The largest absolute Gasteiger partial charge is 0.463 e. The summed E-state index contributed by atoms with van der Waals surface area (Å²) in [7, 11) is 1.37. The monoisotopic (exact) mass is 237 g/mol. The van der Waals surface area contributed by atoms with E-state index in [0.717, 1.165) is 31.1 Å². The third-order valence-electron chi connectivity index (χ3n) is 3.39. The minimum absolute atomic E-state index is 0.339. The van der Waals surface area contributed by atoms with Crippen molar-refractivity contribution in [1.82, 2.24) is 4.90 Å². The molecule has 2 rings (SSSR count). The minimum atomic E-state index is -0.393. The Kier molecular flexibility index (Phi) is 3.84. The molecule has 1 aliphatic rings. The van der Waals surface area contributed by atoms with Gasteiger partial charge in [-0.05, 0) is 37.9 Å². The Hall–Kier alpha value is -1.29. The zero-order chi connectivity index (χ0) is 12.3. The molecule has 1 aliphatic heterocycles. The van der Waals surface area contributed by atoms with Crippen LogP contribution in [0, 0.1) is 5.92 Å². The molecule has 1 aromatic rings. The van der Waals surface area contributed by atoms with Gasteiger partial charge in [0, 0.05) is 12.1 Å². The fourth-order valence-corrected chi connectivity index (χ4v) is 2.19. The van der Waals surface area contributed by atoms with Crippen LogP contribution in [0.15, 0.2) is 16.7 Å². The van der Waals surface area contributed by atoms with Gasteiger partial charge in [-0.2, -0.15) is 0 Å². The van der Waals surface area contributed by atoms with Gasteiger partial charge >= 0.3 is 5.97 Å². The van der Waals surface area contributed by atoms with Gasteiger partial charge in [0.2, 0.25) is 5.76 Å². The number of hydrogen-bond acceptors (Lipinski definition) is 4. The van der Waals surface area contributed by atoms with Gasteiger partial charge in [0.25, 0.3) is 0 Å². The lowest BCUT2D eigenvalue weighted by molar-refractivity contribution is 0.0561. The zero-order valence-corrected chi connectivity index (χ0v) is 10.4. The van der Waals surface area contributed by atoms with Gasteiger partial charge in [-0.1, -0.05) is 6.92 Å². The summed E-state index contributed by atoms with van der Waals surface area (Å²) in [6.45, 7) is 5.24. The second-order valence-electron chi connectivity index (χ2n) is 4.73. The Balaban J connectivity index is 1.99. The van der Waals surface area contributed by atoms with Crippen molar-refractivity contribution >= 4 is 5.97 Å². The summed E-state index contributed by atoms with van der Waals surface area (Å²) in [5, 5.41) is 0. The van der Waals surface area contributed by atoms with Gasteiger partial charge < -0.3 is 9.15 Å². The first-order chi connectivity index (χ1) is 8.20. The molecule has 1 saturated heterocycles. The molecule has 0 radical (unpaired) electrons. The fraction of sp³-hybridized carbons (Fsp3) is 0.615. The van der Waals surface area contributed by atoms with E-state index >= 15 is 0 Å². The number of ether oxygens (including phenoxy) is 1. The van der Waals surface area contributed by atoms with E-state index in [4.69, 9.17) is 9.15 Å². The highest BCUT2D eigenvalue weighted by atomic mass is 16.5. The molecule has 17 heavy (non-hydrogen) atoms. The van der Waals surface area contributed by atoms with Gasteiger partial charge in [-0.25, -0.2) is 4.79 Å². The van der Waals surface area contributed by atoms with Gasteiger partial charge in [-0.3, -0.25) is 4.90 Å². The number of nitrogens with zero attached hydrogens (tertiary/aromatic N) is 1. The third kappa shape index (κ3) is 2.88. The van der Waals surface area contributed by atoms with Crippen LogP contribution in [0.5, 0.6) is 0 Å². The lowest BCUT2D eigenvalue weighted by Crippen LogP contribution is -2.32. The normalized spacial score (nSPS) is 18.2. The maximum atomic E-state index is 11.5. The van der Waals surface area contributed by atoms with Crippen molar-refractivity contribution in [2.45, 2.75) is 26.3 Å². The van der Waals surface area contributed by atoms with Crippen molar-refractivity contribution in [2.75, 3.05) is 20.2 Å². The van der Waals surface area contributed by atoms with E-state index in [-0.39, 0.29) is 0 Å². The minimum Gasteiger partial charge on any atom is -0.463 e. The second-order valence-corrected chi connectivity index (χ2v) is 4.73. The third-order valence-corrected chi connectivity index (χ3v) is 3.39. The average molecular weight is 237 g/mol. The Bertz CT molecular complexity index is 378. The van der Waals surface area contributed by atoms with E-state index in [1.54, 1.807) is 6.26 Å². The summed E-state index contributed by atoms with van der Waals surface area (Å²) in [6.07, 6.45) is 4.00. The van der Waals surface area contributed by atoms with Crippen LogP contribution in [0.4, 0.5) is 0 Å². The molecule has 0 amide bonds. The van der Waals surface area contributed by atoms with Crippen molar-refractivity contribution in [1.29, 1.82) is 0 Å². The lowest BCUT2D eigenvalue weighted by Gasteiger charge is -2.29.